The molecule has 1 aromatic heterocycles. The molecule has 13 nitrogen and oxygen atoms in total. The van der Waals surface area contributed by atoms with E-state index in [1.807, 2.05) is 10.1 Å². The van der Waals surface area contributed by atoms with Gasteiger partial charge in [-0.3, -0.25) is 20.3 Å². The van der Waals surface area contributed by atoms with Crippen LogP contribution in [0.1, 0.15) is 18.5 Å². The third kappa shape index (κ3) is 13.1. The fraction of sp³-hybridized carbons (Fsp3) is 0.294. The first-order chi connectivity index (χ1) is 15.8. The number of thiazole rings is 1. The molecule has 0 aliphatic heterocycles. The molecule has 2 rings (SSSR count). The number of hydrogen-bond acceptors (Lipinski definition) is 10. The minimum atomic E-state index is -3.86. The quantitative estimate of drug-likeness (QED) is 0.117. The first-order valence-electron chi connectivity index (χ1n) is 9.29. The zero-order valence-corrected chi connectivity index (χ0v) is 21.0. The lowest BCUT2D eigenvalue weighted by Gasteiger charge is -2.04. The second kappa shape index (κ2) is 13.9. The monoisotopic (exact) mass is 551 g/mol. The van der Waals surface area contributed by atoms with Crippen LogP contribution in [0.4, 0.5) is 5.13 Å². The molecule has 0 fully saturated rings. The van der Waals surface area contributed by atoms with Gasteiger partial charge >= 0.3 is 5.97 Å². The Morgan fingerprint density at radius 2 is 1.79 bits per heavy atom. The average molecular weight is 552 g/mol. The molecule has 9 N–H and O–H groups in total. The van der Waals surface area contributed by atoms with Crippen LogP contribution in [0.5, 0.6) is 0 Å². The highest BCUT2D eigenvalue weighted by atomic mass is 32.2. The van der Waals surface area contributed by atoms with Crippen LogP contribution in [0, 0.1) is 10.8 Å². The minimum absolute atomic E-state index is 0.141. The van der Waals surface area contributed by atoms with Gasteiger partial charge in [0, 0.05) is 23.3 Å². The van der Waals surface area contributed by atoms with Crippen molar-refractivity contribution in [3.05, 3.63) is 41.4 Å². The zero-order chi connectivity index (χ0) is 25.8. The smallest absolute Gasteiger partial charge is 0.304 e. The van der Waals surface area contributed by atoms with Crippen LogP contribution in [-0.2, 0) is 30.6 Å². The maximum absolute atomic E-state index is 11.5. The molecule has 34 heavy (non-hydrogen) atoms. The Morgan fingerprint density at radius 3 is 2.35 bits per heavy atom. The summed E-state index contributed by atoms with van der Waals surface area (Å²) in [6.07, 6.45) is -0.0962. The molecule has 0 unspecified atom stereocenters. The number of aliphatic carboxylic acids is 1. The van der Waals surface area contributed by atoms with E-state index < -0.39 is 26.0 Å². The lowest BCUT2D eigenvalue weighted by molar-refractivity contribution is -0.136. The van der Waals surface area contributed by atoms with Crippen molar-refractivity contribution in [3.63, 3.8) is 0 Å². The van der Waals surface area contributed by atoms with Crippen LogP contribution >= 0.6 is 23.1 Å². The highest BCUT2D eigenvalue weighted by Crippen LogP contribution is 2.19. The van der Waals surface area contributed by atoms with E-state index in [1.54, 1.807) is 18.2 Å². The molecule has 188 valence electrons. The topological polar surface area (TPSA) is 242 Å². The van der Waals surface area contributed by atoms with Crippen LogP contribution in [0.3, 0.4) is 0 Å². The normalized spacial score (nSPS) is 11.1. The number of rotatable bonds is 11. The Labute approximate surface area is 205 Å². The summed E-state index contributed by atoms with van der Waals surface area (Å²) in [5, 5.41) is 32.5. The fourth-order valence-electron chi connectivity index (χ4n) is 2.09. The molecule has 0 saturated carbocycles. The molecule has 1 heterocycles. The number of thioether (sulfide) groups is 1. The van der Waals surface area contributed by atoms with Crippen LogP contribution in [0.2, 0.25) is 0 Å². The predicted octanol–water partition coefficient (Wildman–Crippen LogP) is 0.777. The number of amidine groups is 1. The molecule has 0 atom stereocenters. The number of aromatic nitrogens is 1. The van der Waals surface area contributed by atoms with Crippen molar-refractivity contribution in [1.82, 2.24) is 9.71 Å². The van der Waals surface area contributed by atoms with Gasteiger partial charge in [-0.15, -0.1) is 11.3 Å². The van der Waals surface area contributed by atoms with Crippen molar-refractivity contribution >= 4 is 66.0 Å². The average Bonchev–Trinajstić information content (AvgIpc) is 3.16. The van der Waals surface area contributed by atoms with Gasteiger partial charge in [0.2, 0.25) is 0 Å². The molecule has 1 aromatic carbocycles. The molecule has 0 bridgehead atoms. The summed E-state index contributed by atoms with van der Waals surface area (Å²) in [6, 6.07) is 7.83. The largest absolute Gasteiger partial charge is 0.481 e. The number of benzene rings is 1. The molecule has 2 aromatic rings. The van der Waals surface area contributed by atoms with Crippen LogP contribution in [0.25, 0.3) is 0 Å². The van der Waals surface area contributed by atoms with Crippen molar-refractivity contribution in [3.8, 4) is 0 Å². The van der Waals surface area contributed by atoms with E-state index in [0.717, 1.165) is 5.69 Å². The number of sulfone groups is 1. The molecule has 17 heteroatoms. The fourth-order valence-corrected chi connectivity index (χ4v) is 5.46. The summed E-state index contributed by atoms with van der Waals surface area (Å²) in [4.78, 5) is 14.6. The van der Waals surface area contributed by atoms with Crippen molar-refractivity contribution in [2.24, 2.45) is 10.9 Å². The van der Waals surface area contributed by atoms with E-state index in [-0.39, 0.29) is 35.3 Å². The predicted molar refractivity (Wildman–Crippen MR) is 133 cm³/mol. The van der Waals surface area contributed by atoms with Gasteiger partial charge in [-0.05, 0) is 12.1 Å². The van der Waals surface area contributed by atoms with Crippen molar-refractivity contribution in [1.29, 1.82) is 10.8 Å². The Hall–Kier alpha value is -2.73. The van der Waals surface area contributed by atoms with E-state index in [9.17, 15) is 21.6 Å². The Kier molecular flexibility index (Phi) is 11.9. The molecule has 0 radical (unpaired) electrons. The summed E-state index contributed by atoms with van der Waals surface area (Å²) in [6.45, 7) is 0. The van der Waals surface area contributed by atoms with E-state index >= 15 is 0 Å². The van der Waals surface area contributed by atoms with Crippen molar-refractivity contribution in [2.45, 2.75) is 23.5 Å². The lowest BCUT2D eigenvalue weighted by atomic mass is 10.4. The Balaban J connectivity index is 0.000000362. The highest BCUT2D eigenvalue weighted by Gasteiger charge is 2.15. The maximum atomic E-state index is 11.5. The SMILES string of the molecule is N=C(N)Nc1nc(CSCCC(=N)NS(N)(=O)=O)cs1.O=C(O)CCS(=O)(=O)c1ccccc1. The van der Waals surface area contributed by atoms with Gasteiger partial charge in [-0.2, -0.15) is 20.2 Å². The van der Waals surface area contributed by atoms with Gasteiger partial charge in [0.1, 0.15) is 5.84 Å². The van der Waals surface area contributed by atoms with Gasteiger partial charge < -0.3 is 16.2 Å². The van der Waals surface area contributed by atoms with Gasteiger partial charge in [-0.1, -0.05) is 18.2 Å². The van der Waals surface area contributed by atoms with E-state index in [2.05, 4.69) is 10.3 Å². The van der Waals surface area contributed by atoms with Crippen LogP contribution < -0.4 is 20.9 Å². The Bertz CT molecular complexity index is 1180. The van der Waals surface area contributed by atoms with Gasteiger partial charge in [0.25, 0.3) is 10.2 Å². The molecule has 0 aliphatic rings. The standard InChI is InChI=1S/C9H10O4S.C8H15N7O2S3/c10-9(11)6-7-14(12,13)8-4-2-1-3-5-8;9-6(15-20(12,16)17)1-2-18-3-5-4-19-8(13-5)14-7(10)11/h1-5H,6-7H2,(H,10,11);4H,1-3H2,(H2,9,15)(H2,12,16,17)(H4,10,11,13,14). The first-order valence-corrected chi connectivity index (χ1v) is 14.5. The number of carbonyl (C=O) groups is 1. The molecule has 0 spiro atoms. The summed E-state index contributed by atoms with van der Waals surface area (Å²) >= 11 is 2.85. The van der Waals surface area contributed by atoms with Gasteiger partial charge in [0.15, 0.2) is 20.9 Å². The number of nitrogens with zero attached hydrogens (tertiary/aromatic N) is 1. The van der Waals surface area contributed by atoms with E-state index in [4.69, 9.17) is 26.8 Å². The van der Waals surface area contributed by atoms with E-state index in [1.165, 1.54) is 35.2 Å². The number of carboxylic acids is 1. The third-order valence-electron chi connectivity index (χ3n) is 3.49. The summed E-state index contributed by atoms with van der Waals surface area (Å²) < 4.78 is 46.2. The number of nitrogens with one attached hydrogen (secondary N) is 4. The number of nitrogens with two attached hydrogens (primary N) is 2. The molecule has 0 aliphatic carbocycles. The summed E-state index contributed by atoms with van der Waals surface area (Å²) in [5.41, 5.74) is 6.01. The van der Waals surface area contributed by atoms with Crippen molar-refractivity contribution < 1.29 is 26.7 Å². The second-order valence-electron chi connectivity index (χ2n) is 6.39. The molecule has 0 amide bonds. The minimum Gasteiger partial charge on any atom is -0.481 e. The molecule has 0 saturated heterocycles. The summed E-state index contributed by atoms with van der Waals surface area (Å²) in [5.74, 6) is -0.581. The Morgan fingerprint density at radius 1 is 1.15 bits per heavy atom. The zero-order valence-electron chi connectivity index (χ0n) is 17.7. The number of guanidine groups is 1. The van der Waals surface area contributed by atoms with Crippen molar-refractivity contribution in [2.75, 3.05) is 16.8 Å². The van der Waals surface area contributed by atoms with Gasteiger partial charge in [-0.25, -0.2) is 18.5 Å². The lowest BCUT2D eigenvalue weighted by Crippen LogP contribution is -2.35. The highest BCUT2D eigenvalue weighted by molar-refractivity contribution is 7.98. The van der Waals surface area contributed by atoms with E-state index in [0.29, 0.717) is 16.6 Å². The second-order valence-corrected chi connectivity index (χ2v) is 11.8. The number of carboxylic acid groups (broad SMARTS) is 1. The molecular formula is C17H25N7O6S4. The maximum Gasteiger partial charge on any atom is 0.304 e. The van der Waals surface area contributed by atoms with Crippen LogP contribution in [-0.4, -0.2) is 56.2 Å². The first kappa shape index (κ1) is 29.3. The summed E-state index contributed by atoms with van der Waals surface area (Å²) in [7, 11) is -7.29. The molecular weight excluding hydrogens is 526 g/mol. The number of anilines is 1. The van der Waals surface area contributed by atoms with Gasteiger partial charge in [0.05, 0.1) is 22.8 Å². The van der Waals surface area contributed by atoms with Crippen LogP contribution in [0.15, 0.2) is 40.6 Å². The third-order valence-corrected chi connectivity index (χ3v) is 7.55. The number of hydrogen-bond donors (Lipinski definition) is 7.